The molecule has 0 saturated carbocycles. The molecule has 0 radical (unpaired) electrons. The minimum absolute atomic E-state index is 0.0160. The minimum atomic E-state index is -3.59. The van der Waals surface area contributed by atoms with Crippen LogP contribution in [0.15, 0.2) is 40.6 Å². The molecule has 0 spiro atoms. The summed E-state index contributed by atoms with van der Waals surface area (Å²) in [5, 5.41) is 1.92. The Balaban J connectivity index is 1.49. The predicted octanol–water partition coefficient (Wildman–Crippen LogP) is 2.29. The van der Waals surface area contributed by atoms with E-state index in [9.17, 15) is 13.2 Å². The van der Waals surface area contributed by atoms with Gasteiger partial charge in [0.1, 0.15) is 6.10 Å². The molecule has 1 amide bonds. The van der Waals surface area contributed by atoms with E-state index >= 15 is 0 Å². The second-order valence-corrected chi connectivity index (χ2v) is 9.65. The maximum Gasteiger partial charge on any atom is 0.252 e. The van der Waals surface area contributed by atoms with Gasteiger partial charge < -0.3 is 9.64 Å². The van der Waals surface area contributed by atoms with Crippen LogP contribution in [0, 0.1) is 0 Å². The highest BCUT2D eigenvalue weighted by atomic mass is 32.2. The monoisotopic (exact) mass is 406 g/mol. The lowest BCUT2D eigenvalue weighted by Crippen LogP contribution is -2.42. The Labute approximate surface area is 163 Å². The van der Waals surface area contributed by atoms with E-state index in [4.69, 9.17) is 4.74 Å². The number of hydrogen-bond acceptors (Lipinski definition) is 5. The molecule has 0 aliphatic carbocycles. The van der Waals surface area contributed by atoms with E-state index in [-0.39, 0.29) is 23.5 Å². The number of carbonyl (C=O) groups is 1. The molecule has 1 N–H and O–H groups in total. The summed E-state index contributed by atoms with van der Waals surface area (Å²) >= 11 is 1.51. The molecule has 0 bridgehead atoms. The van der Waals surface area contributed by atoms with Crippen molar-refractivity contribution in [3.8, 4) is 0 Å². The highest BCUT2D eigenvalue weighted by Gasteiger charge is 2.30. The number of nitrogens with one attached hydrogen (secondary N) is 1. The summed E-state index contributed by atoms with van der Waals surface area (Å²) in [5.41, 5.74) is 2.00. The van der Waals surface area contributed by atoms with Crippen molar-refractivity contribution in [2.45, 2.75) is 43.4 Å². The fraction of sp³-hybridized carbons (Fsp3) is 0.421. The maximum absolute atomic E-state index is 12.6. The van der Waals surface area contributed by atoms with Gasteiger partial charge in [0, 0.05) is 31.1 Å². The first-order valence-corrected chi connectivity index (χ1v) is 11.4. The topological polar surface area (TPSA) is 75.7 Å². The summed E-state index contributed by atoms with van der Waals surface area (Å²) in [6, 6.07) is 9.00. The van der Waals surface area contributed by atoms with Crippen LogP contribution in [0.4, 0.5) is 0 Å². The quantitative estimate of drug-likeness (QED) is 0.827. The van der Waals surface area contributed by atoms with Crippen LogP contribution < -0.4 is 4.72 Å². The van der Waals surface area contributed by atoms with Gasteiger partial charge >= 0.3 is 0 Å². The van der Waals surface area contributed by atoms with Crippen molar-refractivity contribution in [1.29, 1.82) is 0 Å². The molecule has 1 aromatic carbocycles. The number of fused-ring (bicyclic) bond motifs is 1. The average molecular weight is 407 g/mol. The number of amides is 1. The van der Waals surface area contributed by atoms with E-state index in [1.165, 1.54) is 11.3 Å². The number of nitrogens with zero attached hydrogens (tertiary/aromatic N) is 1. The molecule has 2 aliphatic heterocycles. The zero-order valence-corrected chi connectivity index (χ0v) is 16.5. The third-order valence-corrected chi connectivity index (χ3v) is 7.31. The Bertz CT molecular complexity index is 919. The van der Waals surface area contributed by atoms with Crippen LogP contribution in [0.2, 0.25) is 0 Å². The third-order valence-electron chi connectivity index (χ3n) is 5.03. The number of sulfonamides is 1. The van der Waals surface area contributed by atoms with Gasteiger partial charge in [-0.2, -0.15) is 0 Å². The Kier molecular flexibility index (Phi) is 5.32. The summed E-state index contributed by atoms with van der Waals surface area (Å²) in [5.74, 6) is 0.0160. The fourth-order valence-electron chi connectivity index (χ4n) is 3.53. The molecule has 2 aromatic rings. The first-order valence-electron chi connectivity index (χ1n) is 9.07. The zero-order valence-electron chi connectivity index (χ0n) is 14.9. The number of ether oxygens (including phenoxy) is 1. The number of hydrogen-bond donors (Lipinski definition) is 1. The Morgan fingerprint density at radius 2 is 2.19 bits per heavy atom. The molecule has 6 nitrogen and oxygen atoms in total. The molecule has 144 valence electrons. The van der Waals surface area contributed by atoms with Gasteiger partial charge in [0.05, 0.1) is 4.90 Å². The van der Waals surface area contributed by atoms with E-state index in [1.54, 1.807) is 17.0 Å². The summed E-state index contributed by atoms with van der Waals surface area (Å²) in [7, 11) is -3.59. The van der Waals surface area contributed by atoms with Crippen molar-refractivity contribution in [1.82, 2.24) is 9.62 Å². The van der Waals surface area contributed by atoms with Gasteiger partial charge in [-0.1, -0.05) is 12.1 Å². The van der Waals surface area contributed by atoms with Gasteiger partial charge in [0.25, 0.3) is 5.91 Å². The van der Waals surface area contributed by atoms with Gasteiger partial charge in [0.2, 0.25) is 10.0 Å². The lowest BCUT2D eigenvalue weighted by atomic mass is 9.99. The Morgan fingerprint density at radius 1 is 1.30 bits per heavy atom. The zero-order chi connectivity index (χ0) is 18.9. The van der Waals surface area contributed by atoms with E-state index in [2.05, 4.69) is 4.72 Å². The molecule has 3 heterocycles. The molecule has 4 rings (SSSR count). The molecule has 0 unspecified atom stereocenters. The van der Waals surface area contributed by atoms with E-state index in [0.29, 0.717) is 19.7 Å². The van der Waals surface area contributed by atoms with Gasteiger partial charge in [0.15, 0.2) is 0 Å². The van der Waals surface area contributed by atoms with Crippen LogP contribution in [-0.2, 0) is 39.1 Å². The summed E-state index contributed by atoms with van der Waals surface area (Å²) < 4.78 is 33.4. The molecular formula is C19H22N2O4S2. The van der Waals surface area contributed by atoms with Crippen molar-refractivity contribution in [2.75, 3.05) is 13.2 Å². The molecule has 1 saturated heterocycles. The lowest BCUT2D eigenvalue weighted by Gasteiger charge is -2.30. The van der Waals surface area contributed by atoms with Crippen molar-refractivity contribution < 1.29 is 17.9 Å². The van der Waals surface area contributed by atoms with Crippen molar-refractivity contribution in [2.24, 2.45) is 0 Å². The van der Waals surface area contributed by atoms with Crippen LogP contribution in [0.1, 0.15) is 28.8 Å². The largest absolute Gasteiger partial charge is 0.368 e. The van der Waals surface area contributed by atoms with Crippen LogP contribution >= 0.6 is 11.3 Å². The summed E-state index contributed by atoms with van der Waals surface area (Å²) in [4.78, 5) is 15.6. The predicted molar refractivity (Wildman–Crippen MR) is 103 cm³/mol. The number of thiophene rings is 1. The van der Waals surface area contributed by atoms with Crippen LogP contribution in [0.3, 0.4) is 0 Å². The molecule has 8 heteroatoms. The number of benzene rings is 1. The molecule has 27 heavy (non-hydrogen) atoms. The fourth-order valence-corrected chi connectivity index (χ4v) is 5.32. The average Bonchev–Trinajstić information content (AvgIpc) is 3.38. The molecular weight excluding hydrogens is 384 g/mol. The smallest absolute Gasteiger partial charge is 0.252 e. The van der Waals surface area contributed by atoms with Gasteiger partial charge in [-0.25, -0.2) is 13.1 Å². The number of rotatable bonds is 5. The van der Waals surface area contributed by atoms with Crippen molar-refractivity contribution in [3.05, 3.63) is 51.7 Å². The minimum Gasteiger partial charge on any atom is -0.368 e. The Morgan fingerprint density at radius 3 is 2.93 bits per heavy atom. The highest BCUT2D eigenvalue weighted by molar-refractivity contribution is 7.89. The molecule has 1 fully saturated rings. The molecule has 1 aromatic heterocycles. The maximum atomic E-state index is 12.6. The standard InChI is InChI=1S/C19H22N2O4S2/c22-19(18-4-1-9-25-18)21-8-7-14-5-6-17(11-15(14)13-21)27(23,24)20-12-16-3-2-10-26-16/h2-3,5-6,10-11,18,20H,1,4,7-9,12-13H2/t18-/m0/s1. The van der Waals surface area contributed by atoms with Crippen LogP contribution in [0.25, 0.3) is 0 Å². The SMILES string of the molecule is O=C([C@@H]1CCCO1)N1CCc2ccc(S(=O)(=O)NCc3cccs3)cc2C1. The van der Waals surface area contributed by atoms with Crippen LogP contribution in [-0.4, -0.2) is 38.5 Å². The van der Waals surface area contributed by atoms with Crippen LogP contribution in [0.5, 0.6) is 0 Å². The molecule has 2 aliphatic rings. The lowest BCUT2D eigenvalue weighted by molar-refractivity contribution is -0.141. The second-order valence-electron chi connectivity index (χ2n) is 6.85. The first kappa shape index (κ1) is 18.6. The van der Waals surface area contributed by atoms with E-state index in [0.717, 1.165) is 35.3 Å². The van der Waals surface area contributed by atoms with Gasteiger partial charge in [-0.15, -0.1) is 11.3 Å². The third kappa shape index (κ3) is 4.08. The Hall–Kier alpha value is -1.74. The summed E-state index contributed by atoms with van der Waals surface area (Å²) in [6.07, 6.45) is 2.07. The highest BCUT2D eigenvalue weighted by Crippen LogP contribution is 2.25. The number of carbonyl (C=O) groups excluding carboxylic acids is 1. The normalized spacial score (nSPS) is 19.9. The second kappa shape index (κ2) is 7.71. The van der Waals surface area contributed by atoms with Gasteiger partial charge in [-0.3, -0.25) is 4.79 Å². The first-order chi connectivity index (χ1) is 13.0. The van der Waals surface area contributed by atoms with Crippen molar-refractivity contribution in [3.63, 3.8) is 0 Å². The van der Waals surface area contributed by atoms with E-state index < -0.39 is 10.0 Å². The van der Waals surface area contributed by atoms with Gasteiger partial charge in [-0.05, 0) is 54.0 Å². The molecule has 1 atom stereocenters. The van der Waals surface area contributed by atoms with Crippen molar-refractivity contribution >= 4 is 27.3 Å². The van der Waals surface area contributed by atoms with E-state index in [1.807, 2.05) is 23.6 Å². The summed E-state index contributed by atoms with van der Waals surface area (Å²) in [6.45, 7) is 2.00.